The van der Waals surface area contributed by atoms with Gasteiger partial charge in [-0.15, -0.1) is 0 Å². The minimum Gasteiger partial charge on any atom is -0.339 e. The summed E-state index contributed by atoms with van der Waals surface area (Å²) in [7, 11) is 1.76. The van der Waals surface area contributed by atoms with Crippen LogP contribution in [0.2, 0.25) is 5.02 Å². The number of amides is 2. The van der Waals surface area contributed by atoms with Crippen molar-refractivity contribution in [2.45, 2.75) is 58.4 Å². The molecule has 0 radical (unpaired) electrons. The van der Waals surface area contributed by atoms with Crippen LogP contribution in [-0.4, -0.2) is 36.3 Å². The van der Waals surface area contributed by atoms with Crippen molar-refractivity contribution in [2.24, 2.45) is 11.1 Å². The Morgan fingerprint density at radius 1 is 1.27 bits per heavy atom. The second kappa shape index (κ2) is 8.87. The number of nitrogens with two attached hydrogens (primary N) is 1. The van der Waals surface area contributed by atoms with Crippen LogP contribution in [0.4, 0.5) is 5.69 Å². The second-order valence-electron chi connectivity index (χ2n) is 7.69. The zero-order valence-electron chi connectivity index (χ0n) is 16.0. The van der Waals surface area contributed by atoms with Crippen molar-refractivity contribution in [2.75, 3.05) is 18.9 Å². The number of anilines is 1. The van der Waals surface area contributed by atoms with Crippen molar-refractivity contribution in [1.29, 1.82) is 0 Å². The van der Waals surface area contributed by atoms with Crippen LogP contribution < -0.4 is 11.1 Å². The molecule has 1 saturated carbocycles. The van der Waals surface area contributed by atoms with Gasteiger partial charge >= 0.3 is 0 Å². The number of carbonyl (C=O) groups excluding carboxylic acids is 2. The highest BCUT2D eigenvalue weighted by atomic mass is 35.5. The molecule has 2 amide bonds. The highest BCUT2D eigenvalue weighted by Gasteiger charge is 2.33. The third kappa shape index (κ3) is 4.98. The first-order valence-corrected chi connectivity index (χ1v) is 9.72. The fourth-order valence-electron chi connectivity index (χ4n) is 3.48. The van der Waals surface area contributed by atoms with Gasteiger partial charge in [-0.25, -0.2) is 0 Å². The van der Waals surface area contributed by atoms with Crippen molar-refractivity contribution >= 4 is 29.1 Å². The summed E-state index contributed by atoms with van der Waals surface area (Å²) >= 11 is 6.23. The van der Waals surface area contributed by atoms with Gasteiger partial charge in [0.2, 0.25) is 5.91 Å². The molecule has 0 unspecified atom stereocenters. The van der Waals surface area contributed by atoms with Crippen LogP contribution in [0.3, 0.4) is 0 Å². The highest BCUT2D eigenvalue weighted by Crippen LogP contribution is 2.38. The number of benzene rings is 1. The third-order valence-electron chi connectivity index (χ3n) is 5.47. The number of nitrogens with zero attached hydrogens (tertiary/aromatic N) is 1. The van der Waals surface area contributed by atoms with Crippen LogP contribution in [0.25, 0.3) is 0 Å². The number of rotatable bonds is 6. The van der Waals surface area contributed by atoms with Crippen LogP contribution in [0.1, 0.15) is 62.7 Å². The van der Waals surface area contributed by atoms with Gasteiger partial charge in [-0.1, -0.05) is 30.9 Å². The summed E-state index contributed by atoms with van der Waals surface area (Å²) in [5.74, 6) is -0.195. The van der Waals surface area contributed by atoms with Crippen molar-refractivity contribution in [3.63, 3.8) is 0 Å². The number of carbonyl (C=O) groups is 2. The molecule has 0 bridgehead atoms. The maximum Gasteiger partial charge on any atom is 0.253 e. The van der Waals surface area contributed by atoms with E-state index in [0.29, 0.717) is 29.2 Å². The maximum absolute atomic E-state index is 12.6. The Balaban J connectivity index is 2.12. The van der Waals surface area contributed by atoms with E-state index in [1.807, 2.05) is 13.8 Å². The molecule has 0 aliphatic heterocycles. The van der Waals surface area contributed by atoms with Gasteiger partial charge < -0.3 is 16.0 Å². The summed E-state index contributed by atoms with van der Waals surface area (Å²) in [6.07, 6.45) is 5.82. The molecule has 1 aromatic rings. The molecule has 1 aliphatic carbocycles. The summed E-state index contributed by atoms with van der Waals surface area (Å²) < 4.78 is 0. The quantitative estimate of drug-likeness (QED) is 0.782. The van der Waals surface area contributed by atoms with Gasteiger partial charge in [-0.3, -0.25) is 9.59 Å². The first-order valence-electron chi connectivity index (χ1n) is 9.34. The lowest BCUT2D eigenvalue weighted by Gasteiger charge is -2.35. The Kier molecular flexibility index (Phi) is 7.07. The van der Waals surface area contributed by atoms with Gasteiger partial charge in [-0.2, -0.15) is 0 Å². The molecule has 2 rings (SSSR count). The summed E-state index contributed by atoms with van der Waals surface area (Å²) in [4.78, 5) is 26.8. The SMILES string of the molecule is CC(C)N(C)C(=O)c1ccc(Cl)c(NC(=O)CC2(CN)CCCCC2)c1. The fourth-order valence-corrected chi connectivity index (χ4v) is 3.65. The lowest BCUT2D eigenvalue weighted by atomic mass is 9.71. The van der Waals surface area contributed by atoms with Gasteiger partial charge in [0.05, 0.1) is 10.7 Å². The molecular weight excluding hydrogens is 350 g/mol. The maximum atomic E-state index is 12.6. The lowest BCUT2D eigenvalue weighted by Crippen LogP contribution is -2.36. The Morgan fingerprint density at radius 3 is 2.50 bits per heavy atom. The van der Waals surface area contributed by atoms with Gasteiger partial charge in [0.25, 0.3) is 5.91 Å². The predicted molar refractivity (Wildman–Crippen MR) is 107 cm³/mol. The van der Waals surface area contributed by atoms with Crippen molar-refractivity contribution < 1.29 is 9.59 Å². The topological polar surface area (TPSA) is 75.4 Å². The van der Waals surface area contributed by atoms with Crippen LogP contribution >= 0.6 is 11.6 Å². The smallest absolute Gasteiger partial charge is 0.253 e. The van der Waals surface area contributed by atoms with E-state index in [4.69, 9.17) is 17.3 Å². The largest absolute Gasteiger partial charge is 0.339 e. The minimum absolute atomic E-state index is 0.0898. The van der Waals surface area contributed by atoms with E-state index in [0.717, 1.165) is 25.7 Å². The summed E-state index contributed by atoms with van der Waals surface area (Å²) in [6, 6.07) is 5.07. The van der Waals surface area contributed by atoms with Gasteiger partial charge in [0, 0.05) is 25.1 Å². The molecule has 1 aromatic carbocycles. The first-order chi connectivity index (χ1) is 12.3. The lowest BCUT2D eigenvalue weighted by molar-refractivity contribution is -0.118. The molecule has 144 valence electrons. The van der Waals surface area contributed by atoms with Crippen LogP contribution in [-0.2, 0) is 4.79 Å². The summed E-state index contributed by atoms with van der Waals surface area (Å²) in [6.45, 7) is 4.42. The molecule has 26 heavy (non-hydrogen) atoms. The Hall–Kier alpha value is -1.59. The zero-order chi connectivity index (χ0) is 19.3. The highest BCUT2D eigenvalue weighted by molar-refractivity contribution is 6.33. The molecule has 0 atom stereocenters. The number of hydrogen-bond acceptors (Lipinski definition) is 3. The molecule has 3 N–H and O–H groups in total. The van der Waals surface area contributed by atoms with Gasteiger partial charge in [0.15, 0.2) is 0 Å². The molecule has 5 nitrogen and oxygen atoms in total. The van der Waals surface area contributed by atoms with E-state index in [-0.39, 0.29) is 23.3 Å². The van der Waals surface area contributed by atoms with Gasteiger partial charge in [0.1, 0.15) is 0 Å². The second-order valence-corrected chi connectivity index (χ2v) is 8.10. The van der Waals surface area contributed by atoms with E-state index in [2.05, 4.69) is 5.32 Å². The molecule has 1 aliphatic rings. The summed E-state index contributed by atoms with van der Waals surface area (Å²) in [5, 5.41) is 3.31. The number of halogens is 1. The number of nitrogens with one attached hydrogen (secondary N) is 1. The third-order valence-corrected chi connectivity index (χ3v) is 5.79. The summed E-state index contributed by atoms with van der Waals surface area (Å²) in [5.41, 5.74) is 6.85. The number of hydrogen-bond donors (Lipinski definition) is 2. The van der Waals surface area contributed by atoms with E-state index in [1.165, 1.54) is 6.42 Å². The zero-order valence-corrected chi connectivity index (χ0v) is 16.7. The standard InChI is InChI=1S/C20H30ClN3O2/c1-14(2)24(3)19(26)15-7-8-16(21)17(11-15)23-18(25)12-20(13-22)9-5-4-6-10-20/h7-8,11,14H,4-6,9-10,12-13,22H2,1-3H3,(H,23,25). The molecule has 1 fully saturated rings. The van der Waals surface area contributed by atoms with Crippen LogP contribution in [0.15, 0.2) is 18.2 Å². The minimum atomic E-state index is -0.111. The van der Waals surface area contributed by atoms with E-state index < -0.39 is 0 Å². The molecule has 0 aromatic heterocycles. The Morgan fingerprint density at radius 2 is 1.92 bits per heavy atom. The molecule has 6 heteroatoms. The molecular formula is C20H30ClN3O2. The first kappa shape index (κ1) is 20.7. The monoisotopic (exact) mass is 379 g/mol. The molecule has 0 heterocycles. The van der Waals surface area contributed by atoms with Crippen molar-refractivity contribution in [3.05, 3.63) is 28.8 Å². The van der Waals surface area contributed by atoms with Gasteiger partial charge in [-0.05, 0) is 56.8 Å². The normalized spacial score (nSPS) is 16.4. The van der Waals surface area contributed by atoms with E-state index in [1.54, 1.807) is 30.1 Å². The Bertz CT molecular complexity index is 654. The van der Waals surface area contributed by atoms with Crippen molar-refractivity contribution in [1.82, 2.24) is 4.90 Å². The van der Waals surface area contributed by atoms with Crippen LogP contribution in [0, 0.1) is 5.41 Å². The average Bonchev–Trinajstić information content (AvgIpc) is 2.62. The average molecular weight is 380 g/mol. The molecule has 0 spiro atoms. The Labute approximate surface area is 161 Å². The van der Waals surface area contributed by atoms with E-state index >= 15 is 0 Å². The van der Waals surface area contributed by atoms with E-state index in [9.17, 15) is 9.59 Å². The fraction of sp³-hybridized carbons (Fsp3) is 0.600. The van der Waals surface area contributed by atoms with Crippen molar-refractivity contribution in [3.8, 4) is 0 Å². The van der Waals surface area contributed by atoms with Crippen LogP contribution in [0.5, 0.6) is 0 Å². The molecule has 0 saturated heterocycles. The predicted octanol–water partition coefficient (Wildman–Crippen LogP) is 4.06.